The van der Waals surface area contributed by atoms with Gasteiger partial charge in [-0.3, -0.25) is 10.1 Å². The van der Waals surface area contributed by atoms with Crippen LogP contribution in [-0.2, 0) is 20.0 Å². The maximum atomic E-state index is 11.8. The fourth-order valence-corrected chi connectivity index (χ4v) is 4.04. The lowest BCUT2D eigenvalue weighted by molar-refractivity contribution is -0.384. The van der Waals surface area contributed by atoms with Crippen LogP contribution >= 0.6 is 0 Å². The predicted molar refractivity (Wildman–Crippen MR) is 88.0 cm³/mol. The van der Waals surface area contributed by atoms with Crippen molar-refractivity contribution in [1.82, 2.24) is 9.03 Å². The van der Waals surface area contributed by atoms with Gasteiger partial charge in [-0.15, -0.1) is 0 Å². The SMILES string of the molecule is CNS(=O)(=O)c1ccc(N2CCN(S(C)(=O)=O)CC2)c([N+](=O)[O-])c1. The van der Waals surface area contributed by atoms with E-state index in [4.69, 9.17) is 0 Å². The zero-order valence-corrected chi connectivity index (χ0v) is 14.8. The van der Waals surface area contributed by atoms with Crippen molar-refractivity contribution in [3.8, 4) is 0 Å². The van der Waals surface area contributed by atoms with E-state index in [1.807, 2.05) is 0 Å². The lowest BCUT2D eigenvalue weighted by atomic mass is 10.2. The molecule has 1 saturated heterocycles. The van der Waals surface area contributed by atoms with Crippen LogP contribution < -0.4 is 9.62 Å². The van der Waals surface area contributed by atoms with Crippen LogP contribution in [0.2, 0.25) is 0 Å². The zero-order chi connectivity index (χ0) is 18.1. The van der Waals surface area contributed by atoms with Gasteiger partial charge in [0.15, 0.2) is 0 Å². The molecule has 1 heterocycles. The summed E-state index contributed by atoms with van der Waals surface area (Å²) >= 11 is 0. The number of hydrogen-bond donors (Lipinski definition) is 1. The summed E-state index contributed by atoms with van der Waals surface area (Å²) < 4.78 is 50.0. The summed E-state index contributed by atoms with van der Waals surface area (Å²) in [6.45, 7) is 0.997. The van der Waals surface area contributed by atoms with E-state index in [0.717, 1.165) is 12.3 Å². The van der Waals surface area contributed by atoms with Crippen molar-refractivity contribution in [3.05, 3.63) is 28.3 Å². The van der Waals surface area contributed by atoms with E-state index in [2.05, 4.69) is 4.72 Å². The fourth-order valence-electron chi connectivity index (χ4n) is 2.46. The van der Waals surface area contributed by atoms with Crippen molar-refractivity contribution in [2.45, 2.75) is 4.90 Å². The molecular formula is C12H18N4O6S2. The number of piperazine rings is 1. The molecule has 0 aromatic heterocycles. The highest BCUT2D eigenvalue weighted by atomic mass is 32.2. The molecule has 1 aromatic rings. The highest BCUT2D eigenvalue weighted by molar-refractivity contribution is 7.89. The van der Waals surface area contributed by atoms with Crippen molar-refractivity contribution in [2.24, 2.45) is 0 Å². The van der Waals surface area contributed by atoms with Crippen LogP contribution in [0.5, 0.6) is 0 Å². The third kappa shape index (κ3) is 3.83. The Morgan fingerprint density at radius 2 is 1.71 bits per heavy atom. The number of nitrogens with zero attached hydrogens (tertiary/aromatic N) is 3. The fraction of sp³-hybridized carbons (Fsp3) is 0.500. The Labute approximate surface area is 140 Å². The van der Waals surface area contributed by atoms with Gasteiger partial charge < -0.3 is 4.90 Å². The smallest absolute Gasteiger partial charge is 0.293 e. The number of nitro benzene ring substituents is 1. The first-order valence-electron chi connectivity index (χ1n) is 6.98. The second kappa shape index (κ2) is 6.63. The number of hydrogen-bond acceptors (Lipinski definition) is 7. The molecule has 0 amide bonds. The normalized spacial score (nSPS) is 17.0. The second-order valence-electron chi connectivity index (χ2n) is 5.26. The maximum absolute atomic E-state index is 11.8. The van der Waals surface area contributed by atoms with Crippen LogP contribution in [0.4, 0.5) is 11.4 Å². The summed E-state index contributed by atoms with van der Waals surface area (Å²) in [6.07, 6.45) is 1.11. The van der Waals surface area contributed by atoms with E-state index in [1.54, 1.807) is 4.90 Å². The van der Waals surface area contributed by atoms with Gasteiger partial charge in [0.25, 0.3) is 5.69 Å². The molecule has 1 aliphatic rings. The van der Waals surface area contributed by atoms with E-state index >= 15 is 0 Å². The minimum Gasteiger partial charge on any atom is -0.363 e. The summed E-state index contributed by atoms with van der Waals surface area (Å²) in [5.41, 5.74) is -0.0673. The van der Waals surface area contributed by atoms with Gasteiger partial charge in [0.2, 0.25) is 20.0 Å². The highest BCUT2D eigenvalue weighted by Gasteiger charge is 2.28. The molecule has 134 valence electrons. The molecule has 0 saturated carbocycles. The van der Waals surface area contributed by atoms with Crippen molar-refractivity contribution < 1.29 is 21.8 Å². The van der Waals surface area contributed by atoms with E-state index in [1.165, 1.54) is 23.5 Å². The lowest BCUT2D eigenvalue weighted by Gasteiger charge is -2.34. The summed E-state index contributed by atoms with van der Waals surface area (Å²) in [6, 6.07) is 3.67. The summed E-state index contributed by atoms with van der Waals surface area (Å²) in [4.78, 5) is 12.1. The van der Waals surface area contributed by atoms with Gasteiger partial charge in [0, 0.05) is 32.2 Å². The number of nitro groups is 1. The minimum absolute atomic E-state index is 0.199. The predicted octanol–water partition coefficient (Wildman–Crippen LogP) is -0.415. The van der Waals surface area contributed by atoms with Crippen LogP contribution in [0, 0.1) is 10.1 Å². The Morgan fingerprint density at radius 3 is 2.17 bits per heavy atom. The molecule has 1 fully saturated rings. The van der Waals surface area contributed by atoms with Gasteiger partial charge in [-0.25, -0.2) is 21.6 Å². The Morgan fingerprint density at radius 1 is 1.12 bits per heavy atom. The average molecular weight is 378 g/mol. The van der Waals surface area contributed by atoms with Gasteiger partial charge in [-0.05, 0) is 19.2 Å². The quantitative estimate of drug-likeness (QED) is 0.544. The molecular weight excluding hydrogens is 360 g/mol. The lowest BCUT2D eigenvalue weighted by Crippen LogP contribution is -2.48. The first-order chi connectivity index (χ1) is 11.1. The molecule has 0 spiro atoms. The zero-order valence-electron chi connectivity index (χ0n) is 13.2. The first kappa shape index (κ1) is 18.6. The second-order valence-corrected chi connectivity index (χ2v) is 9.13. The number of anilines is 1. The number of rotatable bonds is 5. The molecule has 1 N–H and O–H groups in total. The van der Waals surface area contributed by atoms with Crippen molar-refractivity contribution >= 4 is 31.4 Å². The highest BCUT2D eigenvalue weighted by Crippen LogP contribution is 2.31. The molecule has 1 aliphatic heterocycles. The summed E-state index contributed by atoms with van der Waals surface area (Å²) in [5.74, 6) is 0. The number of benzene rings is 1. The van der Waals surface area contributed by atoms with Crippen LogP contribution in [0.15, 0.2) is 23.1 Å². The van der Waals surface area contributed by atoms with E-state index in [-0.39, 0.29) is 42.4 Å². The van der Waals surface area contributed by atoms with Gasteiger partial charge in [-0.2, -0.15) is 4.31 Å². The van der Waals surface area contributed by atoms with Gasteiger partial charge >= 0.3 is 0 Å². The largest absolute Gasteiger partial charge is 0.363 e. The van der Waals surface area contributed by atoms with Gasteiger partial charge in [-0.1, -0.05) is 0 Å². The maximum Gasteiger partial charge on any atom is 0.293 e. The minimum atomic E-state index is -3.79. The molecule has 1 aromatic carbocycles. The average Bonchev–Trinajstić information content (AvgIpc) is 2.53. The van der Waals surface area contributed by atoms with Crippen molar-refractivity contribution in [3.63, 3.8) is 0 Å². The topological polar surface area (TPSA) is 130 Å². The molecule has 0 bridgehead atoms. The van der Waals surface area contributed by atoms with Crippen LogP contribution in [0.25, 0.3) is 0 Å². The molecule has 10 nitrogen and oxygen atoms in total. The van der Waals surface area contributed by atoms with Crippen molar-refractivity contribution in [1.29, 1.82) is 0 Å². The van der Waals surface area contributed by atoms with Gasteiger partial charge in [0.1, 0.15) is 5.69 Å². The van der Waals surface area contributed by atoms with E-state index < -0.39 is 25.0 Å². The summed E-state index contributed by atoms with van der Waals surface area (Å²) in [7, 11) is -5.87. The van der Waals surface area contributed by atoms with Crippen LogP contribution in [0.1, 0.15) is 0 Å². The van der Waals surface area contributed by atoms with Crippen LogP contribution in [-0.4, -0.2) is 65.5 Å². The Kier molecular flexibility index (Phi) is 5.13. The first-order valence-corrected chi connectivity index (χ1v) is 10.3. The van der Waals surface area contributed by atoms with Crippen LogP contribution in [0.3, 0.4) is 0 Å². The standard InChI is InChI=1S/C12H18N4O6S2/c1-13-24(21,22)10-3-4-11(12(9-10)16(17)18)14-5-7-15(8-6-14)23(2,19)20/h3-4,9,13H,5-8H2,1-2H3. The molecule has 0 atom stereocenters. The monoisotopic (exact) mass is 378 g/mol. The van der Waals surface area contributed by atoms with E-state index in [0.29, 0.717) is 0 Å². The Balaban J connectivity index is 2.33. The number of sulfonamides is 2. The number of nitrogens with one attached hydrogen (secondary N) is 1. The summed E-state index contributed by atoms with van der Waals surface area (Å²) in [5, 5.41) is 11.3. The van der Waals surface area contributed by atoms with Gasteiger partial charge in [0.05, 0.1) is 16.1 Å². The molecule has 12 heteroatoms. The Bertz CT molecular complexity index is 844. The third-order valence-corrected chi connectivity index (χ3v) is 6.49. The third-order valence-electron chi connectivity index (χ3n) is 3.77. The molecule has 2 rings (SSSR count). The molecule has 0 aliphatic carbocycles. The van der Waals surface area contributed by atoms with E-state index in [9.17, 15) is 26.9 Å². The molecule has 0 unspecified atom stereocenters. The molecule has 0 radical (unpaired) electrons. The van der Waals surface area contributed by atoms with Crippen molar-refractivity contribution in [2.75, 3.05) is 44.4 Å². The molecule has 24 heavy (non-hydrogen) atoms. The Hall–Kier alpha value is -1.76.